The van der Waals surface area contributed by atoms with Gasteiger partial charge in [0, 0.05) is 38.1 Å². The van der Waals surface area contributed by atoms with Crippen molar-refractivity contribution in [3.8, 4) is 28.0 Å². The monoisotopic (exact) mass is 473 g/mol. The smallest absolute Gasteiger partial charge is 0.208 e. The maximum absolute atomic E-state index is 9.17. The molecule has 0 unspecified atom stereocenters. The molecule has 6 rings (SSSR count). The fourth-order valence-electron chi connectivity index (χ4n) is 4.24. The number of aromatic nitrogens is 5. The van der Waals surface area contributed by atoms with Crippen LogP contribution in [0.2, 0.25) is 0 Å². The molecule has 0 saturated carbocycles. The van der Waals surface area contributed by atoms with Crippen LogP contribution in [0, 0.1) is 11.3 Å². The Hall–Kier alpha value is -3.59. The molecular weight excluding hydrogens is 450 g/mol. The number of piperazine rings is 1. The molecular formula is C23H23N9OS. The van der Waals surface area contributed by atoms with Gasteiger partial charge in [0.05, 0.1) is 53.0 Å². The van der Waals surface area contributed by atoms with Crippen molar-refractivity contribution in [1.82, 2.24) is 30.1 Å². The topological polar surface area (TPSA) is 116 Å². The Morgan fingerprint density at radius 1 is 1.18 bits per heavy atom. The summed E-state index contributed by atoms with van der Waals surface area (Å²) in [6.07, 6.45) is 3.42. The third kappa shape index (κ3) is 3.75. The van der Waals surface area contributed by atoms with E-state index in [0.717, 1.165) is 64.5 Å². The maximum Gasteiger partial charge on any atom is 0.208 e. The van der Waals surface area contributed by atoms with Gasteiger partial charge in [-0.25, -0.2) is 4.52 Å². The van der Waals surface area contributed by atoms with Crippen LogP contribution in [0.3, 0.4) is 0 Å². The largest absolute Gasteiger partial charge is 0.376 e. The van der Waals surface area contributed by atoms with E-state index in [0.29, 0.717) is 18.8 Å². The van der Waals surface area contributed by atoms with Crippen LogP contribution in [-0.2, 0) is 4.74 Å². The zero-order chi connectivity index (χ0) is 23.1. The van der Waals surface area contributed by atoms with E-state index in [2.05, 4.69) is 43.8 Å². The van der Waals surface area contributed by atoms with E-state index in [9.17, 15) is 5.26 Å². The van der Waals surface area contributed by atoms with Gasteiger partial charge in [-0.15, -0.1) is 10.2 Å². The first-order valence-electron chi connectivity index (χ1n) is 11.2. The van der Waals surface area contributed by atoms with Crippen molar-refractivity contribution in [3.63, 3.8) is 0 Å². The van der Waals surface area contributed by atoms with E-state index in [1.165, 1.54) is 0 Å². The molecule has 0 aromatic carbocycles. The Labute approximate surface area is 200 Å². The van der Waals surface area contributed by atoms with Gasteiger partial charge in [-0.3, -0.25) is 4.98 Å². The summed E-state index contributed by atoms with van der Waals surface area (Å²) in [7, 11) is 0. The number of rotatable bonds is 5. The van der Waals surface area contributed by atoms with Gasteiger partial charge in [-0.2, -0.15) is 10.4 Å². The number of hydrogen-bond donors (Lipinski definition) is 2. The summed E-state index contributed by atoms with van der Waals surface area (Å²) in [5, 5.41) is 31.4. The molecule has 2 aliphatic rings. The lowest BCUT2D eigenvalue weighted by Gasteiger charge is -2.40. The third-order valence-corrected chi connectivity index (χ3v) is 7.12. The van der Waals surface area contributed by atoms with Crippen molar-refractivity contribution in [2.45, 2.75) is 12.5 Å². The quantitative estimate of drug-likeness (QED) is 0.451. The minimum atomic E-state index is -0.152. The highest BCUT2D eigenvalue weighted by atomic mass is 32.1. The molecule has 2 fully saturated rings. The van der Waals surface area contributed by atoms with Crippen LogP contribution in [-0.4, -0.2) is 69.7 Å². The van der Waals surface area contributed by atoms with Crippen molar-refractivity contribution in [2.24, 2.45) is 0 Å². The van der Waals surface area contributed by atoms with Gasteiger partial charge in [0.1, 0.15) is 6.07 Å². The molecule has 2 N–H and O–H groups in total. The summed E-state index contributed by atoms with van der Waals surface area (Å²) in [4.78, 5) is 7.03. The highest BCUT2D eigenvalue weighted by molar-refractivity contribution is 7.18. The second-order valence-electron chi connectivity index (χ2n) is 8.83. The number of ether oxygens (including phenoxy) is 1. The fraction of sp³-hybridized carbons (Fsp3) is 0.348. The van der Waals surface area contributed by atoms with Gasteiger partial charge in [-0.1, -0.05) is 11.3 Å². The Kier molecular flexibility index (Phi) is 5.13. The highest BCUT2D eigenvalue weighted by Crippen LogP contribution is 2.37. The summed E-state index contributed by atoms with van der Waals surface area (Å²) in [5.41, 5.74) is 4.69. The normalized spacial score (nSPS) is 17.4. The van der Waals surface area contributed by atoms with Crippen LogP contribution in [0.1, 0.15) is 12.5 Å². The average Bonchev–Trinajstić information content (AvgIpc) is 3.51. The third-order valence-electron chi connectivity index (χ3n) is 6.11. The Bertz CT molecular complexity index is 1400. The molecule has 4 aromatic heterocycles. The van der Waals surface area contributed by atoms with E-state index in [1.54, 1.807) is 22.0 Å². The Morgan fingerprint density at radius 2 is 2.03 bits per heavy atom. The lowest BCUT2D eigenvalue weighted by molar-refractivity contribution is -0.0318. The standard InChI is InChI=1S/C23H23N9OS/c1-23(13-33-14-23)28-18-9-19(20-3-2-16-8-15(10-24)11-27-32(16)20)26-12-17(18)21-29-30-22(34-21)31-6-4-25-5-7-31/h2-3,8-9,11-12,25H,4-7,13-14H2,1H3,(H,26,28). The Balaban J connectivity index is 1.40. The summed E-state index contributed by atoms with van der Waals surface area (Å²) < 4.78 is 7.26. The first-order chi connectivity index (χ1) is 16.6. The molecule has 4 aromatic rings. The lowest BCUT2D eigenvalue weighted by Crippen LogP contribution is -2.53. The first kappa shape index (κ1) is 21.0. The van der Waals surface area contributed by atoms with E-state index in [1.807, 2.05) is 30.5 Å². The number of pyridine rings is 1. The number of anilines is 2. The molecule has 172 valence electrons. The number of nitriles is 1. The maximum atomic E-state index is 9.17. The van der Waals surface area contributed by atoms with Gasteiger partial charge >= 0.3 is 0 Å². The SMILES string of the molecule is CC1(Nc2cc(-c3ccc4cc(C#N)cnn34)ncc2-c2nnc(N3CCNCC3)s2)COC1. The fourth-order valence-corrected chi connectivity index (χ4v) is 5.16. The van der Waals surface area contributed by atoms with Crippen molar-refractivity contribution in [1.29, 1.82) is 5.26 Å². The number of fused-ring (bicyclic) bond motifs is 1. The molecule has 10 nitrogen and oxygen atoms in total. The highest BCUT2D eigenvalue weighted by Gasteiger charge is 2.34. The Morgan fingerprint density at radius 3 is 2.79 bits per heavy atom. The van der Waals surface area contributed by atoms with Gasteiger partial charge in [0.25, 0.3) is 0 Å². The van der Waals surface area contributed by atoms with Gasteiger partial charge in [0.15, 0.2) is 5.01 Å². The predicted octanol–water partition coefficient (Wildman–Crippen LogP) is 2.40. The second-order valence-corrected chi connectivity index (χ2v) is 9.79. The van der Waals surface area contributed by atoms with Crippen LogP contribution in [0.4, 0.5) is 10.8 Å². The van der Waals surface area contributed by atoms with Crippen molar-refractivity contribution >= 4 is 27.7 Å². The minimum Gasteiger partial charge on any atom is -0.376 e. The molecule has 6 heterocycles. The van der Waals surface area contributed by atoms with Crippen LogP contribution in [0.25, 0.3) is 27.5 Å². The van der Waals surface area contributed by atoms with Crippen molar-refractivity contribution in [3.05, 3.63) is 42.2 Å². The summed E-state index contributed by atoms with van der Waals surface area (Å²) in [5.74, 6) is 0. The molecule has 34 heavy (non-hydrogen) atoms. The average molecular weight is 474 g/mol. The second kappa shape index (κ2) is 8.32. The predicted molar refractivity (Wildman–Crippen MR) is 130 cm³/mol. The number of nitrogens with zero attached hydrogens (tertiary/aromatic N) is 7. The van der Waals surface area contributed by atoms with E-state index >= 15 is 0 Å². The molecule has 2 saturated heterocycles. The zero-order valence-electron chi connectivity index (χ0n) is 18.7. The van der Waals surface area contributed by atoms with Crippen molar-refractivity contribution < 1.29 is 4.74 Å². The van der Waals surface area contributed by atoms with Gasteiger partial charge in [-0.05, 0) is 31.2 Å². The van der Waals surface area contributed by atoms with Crippen LogP contribution in [0.5, 0.6) is 0 Å². The molecule has 2 aliphatic heterocycles. The number of hydrogen-bond acceptors (Lipinski definition) is 10. The van der Waals surface area contributed by atoms with Crippen molar-refractivity contribution in [2.75, 3.05) is 49.6 Å². The minimum absolute atomic E-state index is 0.152. The molecule has 0 aliphatic carbocycles. The molecule has 11 heteroatoms. The van der Waals surface area contributed by atoms with Gasteiger partial charge in [0.2, 0.25) is 5.13 Å². The summed E-state index contributed by atoms with van der Waals surface area (Å²) in [6.45, 7) is 7.17. The molecule has 0 bridgehead atoms. The van der Waals surface area contributed by atoms with Crippen LogP contribution >= 0.6 is 11.3 Å². The molecule has 0 radical (unpaired) electrons. The van der Waals surface area contributed by atoms with Crippen LogP contribution < -0.4 is 15.5 Å². The zero-order valence-corrected chi connectivity index (χ0v) is 19.5. The molecule has 0 amide bonds. The lowest BCUT2D eigenvalue weighted by atomic mass is 9.99. The van der Waals surface area contributed by atoms with Gasteiger partial charge < -0.3 is 20.3 Å². The summed E-state index contributed by atoms with van der Waals surface area (Å²) in [6, 6.07) is 9.90. The molecule has 0 atom stereocenters. The van der Waals surface area contributed by atoms with E-state index in [4.69, 9.17) is 9.72 Å². The van der Waals surface area contributed by atoms with E-state index in [-0.39, 0.29) is 5.54 Å². The first-order valence-corrected chi connectivity index (χ1v) is 12.0. The summed E-state index contributed by atoms with van der Waals surface area (Å²) >= 11 is 1.58. The van der Waals surface area contributed by atoms with E-state index < -0.39 is 0 Å². The van der Waals surface area contributed by atoms with Crippen LogP contribution in [0.15, 0.2) is 36.7 Å². The molecule has 0 spiro atoms. The number of nitrogens with one attached hydrogen (secondary N) is 2.